The minimum atomic E-state index is -1.06. The van der Waals surface area contributed by atoms with Crippen LogP contribution in [0.5, 0.6) is 5.75 Å². The molecule has 9 heteroatoms. The molecule has 0 bridgehead atoms. The number of rotatable bonds is 8. The summed E-state index contributed by atoms with van der Waals surface area (Å²) in [5.74, 6) is -3.48. The lowest BCUT2D eigenvalue weighted by atomic mass is 10.0. The zero-order chi connectivity index (χ0) is 21.4. The van der Waals surface area contributed by atoms with E-state index in [4.69, 9.17) is 14.6 Å². The fourth-order valence-corrected chi connectivity index (χ4v) is 2.88. The second-order valence-corrected chi connectivity index (χ2v) is 6.85. The van der Waals surface area contributed by atoms with Crippen molar-refractivity contribution in [3.63, 3.8) is 0 Å². The molecule has 0 fully saturated rings. The molecule has 2 aromatic rings. The predicted octanol–water partition coefficient (Wildman–Crippen LogP) is 4.91. The molecule has 0 saturated heterocycles. The predicted molar refractivity (Wildman–Crippen MR) is 103 cm³/mol. The molecule has 2 rings (SSSR count). The third kappa shape index (κ3) is 6.56. The molecule has 0 radical (unpaired) electrons. The Bertz CT molecular complexity index is 916. The van der Waals surface area contributed by atoms with Gasteiger partial charge in [-0.15, -0.1) is 0 Å². The Kier molecular flexibility index (Phi) is 8.14. The van der Waals surface area contributed by atoms with Crippen LogP contribution in [-0.4, -0.2) is 34.7 Å². The number of hydrogen-bond acceptors (Lipinski definition) is 6. The number of carboxylic acids is 1. The van der Waals surface area contributed by atoms with Crippen LogP contribution in [0, 0.1) is 11.6 Å². The number of thioether (sulfide) groups is 1. The first-order valence-electron chi connectivity index (χ1n) is 8.64. The molecule has 0 unspecified atom stereocenters. The van der Waals surface area contributed by atoms with E-state index in [1.165, 1.54) is 24.3 Å². The molecule has 0 atom stereocenters. The molecule has 1 N–H and O–H groups in total. The van der Waals surface area contributed by atoms with E-state index >= 15 is 0 Å². The third-order valence-electron chi connectivity index (χ3n) is 3.61. The van der Waals surface area contributed by atoms with Crippen molar-refractivity contribution in [1.29, 1.82) is 0 Å². The van der Waals surface area contributed by atoms with Gasteiger partial charge in [0, 0.05) is 17.4 Å². The Balaban J connectivity index is 2.31. The molecule has 0 spiro atoms. The summed E-state index contributed by atoms with van der Waals surface area (Å²) in [6.07, 6.45) is 0.339. The van der Waals surface area contributed by atoms with E-state index in [0.29, 0.717) is 18.2 Å². The van der Waals surface area contributed by atoms with Crippen molar-refractivity contribution in [2.45, 2.75) is 19.8 Å². The van der Waals surface area contributed by atoms with Gasteiger partial charge in [0.25, 0.3) is 0 Å². The first-order valence-corrected chi connectivity index (χ1v) is 9.63. The molecule has 0 heterocycles. The van der Waals surface area contributed by atoms with E-state index in [1.807, 2.05) is 0 Å². The first-order chi connectivity index (χ1) is 13.8. The van der Waals surface area contributed by atoms with Crippen LogP contribution in [0.4, 0.5) is 13.6 Å². The average molecular weight is 424 g/mol. The summed E-state index contributed by atoms with van der Waals surface area (Å²) in [7, 11) is 0. The summed E-state index contributed by atoms with van der Waals surface area (Å²) in [5, 5.41) is 7.82. The van der Waals surface area contributed by atoms with Gasteiger partial charge in [-0.1, -0.05) is 13.0 Å². The van der Waals surface area contributed by atoms with Crippen molar-refractivity contribution in [2.75, 3.05) is 12.4 Å². The summed E-state index contributed by atoms with van der Waals surface area (Å²) >= 11 is 0.647. The van der Waals surface area contributed by atoms with Gasteiger partial charge in [0.05, 0.1) is 13.0 Å². The quantitative estimate of drug-likeness (QED) is 0.603. The van der Waals surface area contributed by atoms with Crippen molar-refractivity contribution < 1.29 is 37.7 Å². The molecule has 0 aliphatic heterocycles. The highest BCUT2D eigenvalue weighted by molar-refractivity contribution is 8.13. The second kappa shape index (κ2) is 10.6. The molecule has 0 amide bonds. The number of carbonyl (C=O) groups excluding carboxylic acids is 2. The average Bonchev–Trinajstić information content (AvgIpc) is 2.66. The van der Waals surface area contributed by atoms with Gasteiger partial charge < -0.3 is 14.6 Å². The number of carboxylic acid groups (broad SMARTS) is 1. The standard InChI is InChI=1S/C20H18F2O6S/c1-2-8-27-19(25)15-10-12(14-5-4-13(21)11-16(14)22)3-6-17(15)28-20(26)29-9-7-18(23)24/h3-6,10-11H,2,7-9H2,1H3,(H,23,24). The van der Waals surface area contributed by atoms with Gasteiger partial charge in [-0.25, -0.2) is 18.4 Å². The molecule has 2 aromatic carbocycles. The van der Waals surface area contributed by atoms with Gasteiger partial charge in [-0.3, -0.25) is 4.79 Å². The zero-order valence-electron chi connectivity index (χ0n) is 15.4. The molecule has 0 aliphatic rings. The number of carbonyl (C=O) groups is 3. The van der Waals surface area contributed by atoms with E-state index in [0.717, 1.165) is 12.1 Å². The number of esters is 1. The van der Waals surface area contributed by atoms with Gasteiger partial charge in [-0.2, -0.15) is 0 Å². The fraction of sp³-hybridized carbons (Fsp3) is 0.250. The summed E-state index contributed by atoms with van der Waals surface area (Å²) in [6, 6.07) is 7.04. The summed E-state index contributed by atoms with van der Waals surface area (Å²) in [5.41, 5.74) is 0.223. The van der Waals surface area contributed by atoms with Crippen LogP contribution in [0.3, 0.4) is 0 Å². The van der Waals surface area contributed by atoms with E-state index in [2.05, 4.69) is 0 Å². The van der Waals surface area contributed by atoms with Crippen LogP contribution in [0.1, 0.15) is 30.1 Å². The minimum absolute atomic E-state index is 0.00263. The van der Waals surface area contributed by atoms with Gasteiger partial charge in [0.2, 0.25) is 0 Å². The lowest BCUT2D eigenvalue weighted by molar-refractivity contribution is -0.136. The van der Waals surface area contributed by atoms with Crippen LogP contribution in [0.15, 0.2) is 36.4 Å². The van der Waals surface area contributed by atoms with E-state index < -0.39 is 28.9 Å². The van der Waals surface area contributed by atoms with Gasteiger partial charge in [-0.05, 0) is 48.0 Å². The largest absolute Gasteiger partial charge is 0.481 e. The summed E-state index contributed by atoms with van der Waals surface area (Å²) in [6.45, 7) is 1.94. The summed E-state index contributed by atoms with van der Waals surface area (Å²) in [4.78, 5) is 34.8. The van der Waals surface area contributed by atoms with Gasteiger partial charge in [0.1, 0.15) is 22.9 Å². The highest BCUT2D eigenvalue weighted by Gasteiger charge is 2.19. The van der Waals surface area contributed by atoms with Crippen molar-refractivity contribution in [1.82, 2.24) is 0 Å². The lowest BCUT2D eigenvalue weighted by Crippen LogP contribution is -2.11. The highest BCUT2D eigenvalue weighted by Crippen LogP contribution is 2.30. The molecule has 154 valence electrons. The van der Waals surface area contributed by atoms with Gasteiger partial charge in [0.15, 0.2) is 0 Å². The molecular weight excluding hydrogens is 406 g/mol. The van der Waals surface area contributed by atoms with E-state index in [9.17, 15) is 23.2 Å². The zero-order valence-corrected chi connectivity index (χ0v) is 16.3. The van der Waals surface area contributed by atoms with Crippen molar-refractivity contribution in [2.24, 2.45) is 0 Å². The van der Waals surface area contributed by atoms with Crippen LogP contribution < -0.4 is 4.74 Å². The molecule has 0 aliphatic carbocycles. The Labute approximate surface area is 169 Å². The lowest BCUT2D eigenvalue weighted by Gasteiger charge is -2.12. The number of ether oxygens (including phenoxy) is 2. The topological polar surface area (TPSA) is 89.9 Å². The van der Waals surface area contributed by atoms with Crippen molar-refractivity contribution >= 4 is 29.0 Å². The number of aliphatic carboxylic acids is 1. The SMILES string of the molecule is CCCOC(=O)c1cc(-c2ccc(F)cc2F)ccc1OC(=O)SCCC(=O)O. The van der Waals surface area contributed by atoms with Crippen LogP contribution >= 0.6 is 11.8 Å². The number of benzene rings is 2. The number of halogens is 2. The Morgan fingerprint density at radius 1 is 1.10 bits per heavy atom. The maximum Gasteiger partial charge on any atom is 0.372 e. The van der Waals surface area contributed by atoms with Crippen molar-refractivity contribution in [3.05, 3.63) is 53.6 Å². The van der Waals surface area contributed by atoms with Crippen molar-refractivity contribution in [3.8, 4) is 16.9 Å². The molecule has 29 heavy (non-hydrogen) atoms. The van der Waals surface area contributed by atoms with E-state index in [-0.39, 0.29) is 41.2 Å². The highest BCUT2D eigenvalue weighted by atomic mass is 32.2. The van der Waals surface area contributed by atoms with Crippen LogP contribution in [-0.2, 0) is 9.53 Å². The second-order valence-electron chi connectivity index (χ2n) is 5.82. The smallest absolute Gasteiger partial charge is 0.372 e. The third-order valence-corrected chi connectivity index (χ3v) is 4.34. The van der Waals surface area contributed by atoms with Crippen LogP contribution in [0.2, 0.25) is 0 Å². The minimum Gasteiger partial charge on any atom is -0.481 e. The molecule has 0 aromatic heterocycles. The maximum absolute atomic E-state index is 14.1. The Morgan fingerprint density at radius 3 is 2.52 bits per heavy atom. The Morgan fingerprint density at radius 2 is 1.86 bits per heavy atom. The normalized spacial score (nSPS) is 10.4. The van der Waals surface area contributed by atoms with Gasteiger partial charge >= 0.3 is 17.2 Å². The fourth-order valence-electron chi connectivity index (χ4n) is 2.28. The molecular formula is C20H18F2O6S. The molecule has 6 nitrogen and oxygen atoms in total. The van der Waals surface area contributed by atoms with E-state index in [1.54, 1.807) is 6.92 Å². The molecule has 0 saturated carbocycles. The summed E-state index contributed by atoms with van der Waals surface area (Å²) < 4.78 is 37.5. The first kappa shape index (κ1) is 22.4. The number of hydrogen-bond donors (Lipinski definition) is 1. The monoisotopic (exact) mass is 424 g/mol. The Hall–Kier alpha value is -2.94. The van der Waals surface area contributed by atoms with Crippen LogP contribution in [0.25, 0.3) is 11.1 Å². The maximum atomic E-state index is 14.1.